The third-order valence-corrected chi connectivity index (χ3v) is 6.39. The summed E-state index contributed by atoms with van der Waals surface area (Å²) >= 11 is 12.5. The Morgan fingerprint density at radius 2 is 1.90 bits per heavy atom. The highest BCUT2D eigenvalue weighted by Gasteiger charge is 2.41. The molecule has 154 valence electrons. The molecule has 0 aliphatic carbocycles. The first kappa shape index (κ1) is 20.3. The van der Waals surface area contributed by atoms with Crippen molar-refractivity contribution in [1.29, 1.82) is 0 Å². The van der Waals surface area contributed by atoms with E-state index in [0.29, 0.717) is 16.6 Å². The largest absolute Gasteiger partial charge is 0.371 e. The van der Waals surface area contributed by atoms with E-state index >= 15 is 0 Å². The summed E-state index contributed by atoms with van der Waals surface area (Å²) in [6, 6.07) is 7.83. The fourth-order valence-corrected chi connectivity index (χ4v) is 4.17. The molecule has 2 aromatic rings. The maximum Gasteiger partial charge on any atom is 0.128 e. The highest BCUT2D eigenvalue weighted by Crippen LogP contribution is 2.41. The average Bonchev–Trinajstić information content (AvgIpc) is 2.70. The van der Waals surface area contributed by atoms with E-state index in [-0.39, 0.29) is 5.54 Å². The van der Waals surface area contributed by atoms with Gasteiger partial charge in [0.25, 0.3) is 0 Å². The molecule has 4 rings (SSSR count). The number of hydrogen-bond donors (Lipinski definition) is 2. The second-order valence-corrected chi connectivity index (χ2v) is 8.84. The second-order valence-electron chi connectivity index (χ2n) is 8.02. The fourth-order valence-electron chi connectivity index (χ4n) is 3.85. The highest BCUT2D eigenvalue weighted by atomic mass is 35.5. The molecule has 1 aromatic heterocycles. The SMILES string of the molecule is CN1CCC2(CC1)Nc1cc(Cl)c(Cl)cc1N=C2NCc1ccnc(N(C)C)c1. The molecule has 29 heavy (non-hydrogen) atoms. The monoisotopic (exact) mass is 432 g/mol. The number of fused-ring (bicyclic) bond motifs is 1. The van der Waals surface area contributed by atoms with Crippen molar-refractivity contribution in [2.24, 2.45) is 4.99 Å². The van der Waals surface area contributed by atoms with Crippen LogP contribution in [-0.2, 0) is 6.54 Å². The predicted molar refractivity (Wildman–Crippen MR) is 122 cm³/mol. The number of piperidine rings is 1. The lowest BCUT2D eigenvalue weighted by molar-refractivity contribution is 0.238. The quantitative estimate of drug-likeness (QED) is 0.761. The molecule has 2 aliphatic rings. The van der Waals surface area contributed by atoms with Crippen LogP contribution in [0, 0.1) is 0 Å². The van der Waals surface area contributed by atoms with Gasteiger partial charge in [0.15, 0.2) is 0 Å². The van der Waals surface area contributed by atoms with Crippen LogP contribution in [0.15, 0.2) is 35.5 Å². The lowest BCUT2D eigenvalue weighted by Crippen LogP contribution is -2.58. The van der Waals surface area contributed by atoms with Gasteiger partial charge in [0.1, 0.15) is 11.7 Å². The smallest absolute Gasteiger partial charge is 0.128 e. The maximum atomic E-state index is 6.26. The first-order valence-corrected chi connectivity index (χ1v) is 10.5. The van der Waals surface area contributed by atoms with Gasteiger partial charge in [-0.25, -0.2) is 9.98 Å². The van der Waals surface area contributed by atoms with Crippen LogP contribution in [0.3, 0.4) is 0 Å². The highest BCUT2D eigenvalue weighted by molar-refractivity contribution is 6.42. The van der Waals surface area contributed by atoms with E-state index in [0.717, 1.165) is 54.5 Å². The Balaban J connectivity index is 1.64. The van der Waals surface area contributed by atoms with Gasteiger partial charge in [-0.3, -0.25) is 0 Å². The molecule has 0 saturated carbocycles. The van der Waals surface area contributed by atoms with Crippen LogP contribution in [0.5, 0.6) is 0 Å². The molecule has 1 saturated heterocycles. The minimum atomic E-state index is -0.228. The van der Waals surface area contributed by atoms with E-state index in [9.17, 15) is 0 Å². The molecule has 6 nitrogen and oxygen atoms in total. The van der Waals surface area contributed by atoms with Crippen molar-refractivity contribution in [3.8, 4) is 0 Å². The van der Waals surface area contributed by atoms with Gasteiger partial charge in [-0.1, -0.05) is 23.2 Å². The summed E-state index contributed by atoms with van der Waals surface area (Å²) in [6.45, 7) is 2.69. The van der Waals surface area contributed by atoms with Crippen LogP contribution < -0.4 is 15.5 Å². The molecule has 0 radical (unpaired) electrons. The first-order chi connectivity index (χ1) is 13.9. The van der Waals surface area contributed by atoms with Crippen molar-refractivity contribution >= 4 is 46.2 Å². The normalized spacial score (nSPS) is 18.0. The Morgan fingerprint density at radius 3 is 2.62 bits per heavy atom. The summed E-state index contributed by atoms with van der Waals surface area (Å²) in [5, 5.41) is 8.39. The number of halogens is 2. The van der Waals surface area contributed by atoms with Crippen molar-refractivity contribution < 1.29 is 0 Å². The maximum absolute atomic E-state index is 6.26. The van der Waals surface area contributed by atoms with Gasteiger partial charge >= 0.3 is 0 Å². The first-order valence-electron chi connectivity index (χ1n) is 9.77. The van der Waals surface area contributed by atoms with Crippen molar-refractivity contribution in [3.05, 3.63) is 46.1 Å². The lowest BCUT2D eigenvalue weighted by Gasteiger charge is -2.45. The summed E-state index contributed by atoms with van der Waals surface area (Å²) in [5.41, 5.74) is 2.69. The zero-order valence-electron chi connectivity index (χ0n) is 17.0. The number of aromatic nitrogens is 1. The number of nitrogens with one attached hydrogen (secondary N) is 2. The van der Waals surface area contributed by atoms with Crippen LogP contribution in [0.1, 0.15) is 18.4 Å². The van der Waals surface area contributed by atoms with Gasteiger partial charge in [0.05, 0.1) is 27.0 Å². The van der Waals surface area contributed by atoms with E-state index in [1.165, 1.54) is 0 Å². The number of amidine groups is 1. The van der Waals surface area contributed by atoms with Gasteiger partial charge in [-0.15, -0.1) is 0 Å². The molecule has 1 spiro atoms. The number of aliphatic imine (C=N–C) groups is 1. The Kier molecular flexibility index (Phi) is 5.60. The molecule has 0 amide bonds. The molecule has 0 atom stereocenters. The molecule has 0 bridgehead atoms. The van der Waals surface area contributed by atoms with Crippen LogP contribution in [0.2, 0.25) is 10.0 Å². The van der Waals surface area contributed by atoms with E-state index < -0.39 is 0 Å². The molecule has 8 heteroatoms. The van der Waals surface area contributed by atoms with Gasteiger partial charge in [0, 0.05) is 39.9 Å². The number of nitrogens with zero attached hydrogens (tertiary/aromatic N) is 4. The van der Waals surface area contributed by atoms with Crippen LogP contribution in [-0.4, -0.2) is 55.5 Å². The molecule has 2 N–H and O–H groups in total. The number of benzene rings is 1. The standard InChI is InChI=1S/C21H26Cl2N6/c1-28(2)19-10-14(4-7-24-19)13-25-20-21(5-8-29(3)9-6-21)27-18-12-16(23)15(22)11-17(18)26-20/h4,7,10-12,27H,5-6,8-9,13H2,1-3H3,(H,25,26). The summed E-state index contributed by atoms with van der Waals surface area (Å²) in [5.74, 6) is 1.90. The predicted octanol–water partition coefficient (Wildman–Crippen LogP) is 4.16. The fraction of sp³-hybridized carbons (Fsp3) is 0.429. The van der Waals surface area contributed by atoms with E-state index in [1.54, 1.807) is 0 Å². The molecule has 1 fully saturated rings. The summed E-state index contributed by atoms with van der Waals surface area (Å²) < 4.78 is 0. The van der Waals surface area contributed by atoms with Crippen molar-refractivity contribution in [2.75, 3.05) is 44.4 Å². The van der Waals surface area contributed by atoms with Crippen molar-refractivity contribution in [2.45, 2.75) is 24.9 Å². The molecule has 3 heterocycles. The molecule has 0 unspecified atom stereocenters. The lowest BCUT2D eigenvalue weighted by atomic mass is 9.84. The van der Waals surface area contributed by atoms with E-state index in [4.69, 9.17) is 28.2 Å². The number of anilines is 2. The second kappa shape index (κ2) is 8.01. The molecular weight excluding hydrogens is 407 g/mol. The van der Waals surface area contributed by atoms with Gasteiger partial charge in [0.2, 0.25) is 0 Å². The van der Waals surface area contributed by atoms with Crippen LogP contribution in [0.4, 0.5) is 17.2 Å². The molecular formula is C21H26Cl2N6. The minimum Gasteiger partial charge on any atom is -0.371 e. The van der Waals surface area contributed by atoms with Gasteiger partial charge in [-0.05, 0) is 49.7 Å². The number of likely N-dealkylation sites (tertiary alicyclic amines) is 1. The van der Waals surface area contributed by atoms with Crippen LogP contribution >= 0.6 is 23.2 Å². The van der Waals surface area contributed by atoms with E-state index in [1.807, 2.05) is 43.4 Å². The average molecular weight is 433 g/mol. The number of rotatable bonds is 3. The Morgan fingerprint density at radius 1 is 1.17 bits per heavy atom. The summed E-state index contributed by atoms with van der Waals surface area (Å²) in [6.07, 6.45) is 3.78. The summed E-state index contributed by atoms with van der Waals surface area (Å²) in [4.78, 5) is 13.7. The summed E-state index contributed by atoms with van der Waals surface area (Å²) in [7, 11) is 6.15. The zero-order valence-corrected chi connectivity index (χ0v) is 18.5. The zero-order chi connectivity index (χ0) is 20.6. The Bertz CT molecular complexity index is 935. The van der Waals surface area contributed by atoms with Crippen LogP contribution in [0.25, 0.3) is 0 Å². The van der Waals surface area contributed by atoms with Gasteiger partial charge in [-0.2, -0.15) is 0 Å². The molecule has 2 aliphatic heterocycles. The minimum absolute atomic E-state index is 0.228. The van der Waals surface area contributed by atoms with Crippen molar-refractivity contribution in [1.82, 2.24) is 15.2 Å². The third kappa shape index (κ3) is 4.15. The topological polar surface area (TPSA) is 55.8 Å². The van der Waals surface area contributed by atoms with Gasteiger partial charge < -0.3 is 20.4 Å². The van der Waals surface area contributed by atoms with E-state index in [2.05, 4.69) is 33.6 Å². The number of hydrogen-bond acceptors (Lipinski definition) is 6. The number of pyridine rings is 1. The third-order valence-electron chi connectivity index (χ3n) is 5.67. The molecule has 1 aromatic carbocycles. The van der Waals surface area contributed by atoms with Crippen molar-refractivity contribution in [3.63, 3.8) is 0 Å². The Labute approximate surface area is 181 Å². The Hall–Kier alpha value is -2.02.